The highest BCUT2D eigenvalue weighted by Gasteiger charge is 2.25. The number of amides is 1. The first-order valence-corrected chi connectivity index (χ1v) is 6.80. The molecule has 1 aliphatic rings. The Labute approximate surface area is 114 Å². The molecule has 2 heterocycles. The maximum Gasteiger partial charge on any atom is 0.220 e. The van der Waals surface area contributed by atoms with Crippen LogP contribution in [0.4, 0.5) is 5.82 Å². The Morgan fingerprint density at radius 3 is 2.79 bits per heavy atom. The fraction of sp³-hybridized carbons (Fsp3) is 0.571. The largest absolute Gasteiger partial charge is 0.369 e. The van der Waals surface area contributed by atoms with E-state index in [-0.39, 0.29) is 17.9 Å². The number of hydrogen-bond acceptors (Lipinski definition) is 4. The molecule has 0 radical (unpaired) electrons. The van der Waals surface area contributed by atoms with E-state index in [9.17, 15) is 4.79 Å². The lowest BCUT2D eigenvalue weighted by atomic mass is 9.95. The predicted molar refractivity (Wildman–Crippen MR) is 75.8 cm³/mol. The van der Waals surface area contributed by atoms with Crippen LogP contribution < -0.4 is 16.0 Å². The Hall–Kier alpha value is -1.62. The third-order valence-corrected chi connectivity index (χ3v) is 3.91. The zero-order valence-electron chi connectivity index (χ0n) is 11.6. The number of piperidine rings is 1. The van der Waals surface area contributed by atoms with Gasteiger partial charge in [0.1, 0.15) is 5.82 Å². The number of pyridine rings is 1. The normalized spacial score (nSPS) is 18.3. The molecular weight excluding hydrogens is 240 g/mol. The summed E-state index contributed by atoms with van der Waals surface area (Å²) in [7, 11) is 1.95. The van der Waals surface area contributed by atoms with Gasteiger partial charge in [-0.3, -0.25) is 4.79 Å². The molecule has 5 heteroatoms. The number of aromatic nitrogens is 1. The number of nitrogens with two attached hydrogens (primary N) is 1. The molecule has 104 valence electrons. The standard InChI is InChI=1S/C14H22N4O/c1-10(16-2)12-4-3-7-17-14(12)18-8-5-11(6-9-18)13(15)19/h3-4,7,10-11,16H,5-6,8-9H2,1-2H3,(H2,15,19). The van der Waals surface area contributed by atoms with Gasteiger partial charge in [-0.2, -0.15) is 0 Å². The van der Waals surface area contributed by atoms with Crippen LogP contribution in [-0.2, 0) is 4.79 Å². The number of hydrogen-bond donors (Lipinski definition) is 2. The van der Waals surface area contributed by atoms with Gasteiger partial charge < -0.3 is 16.0 Å². The molecule has 1 atom stereocenters. The first-order chi connectivity index (χ1) is 9.13. The molecule has 0 aromatic carbocycles. The fourth-order valence-electron chi connectivity index (χ4n) is 2.54. The number of carbonyl (C=O) groups is 1. The molecule has 0 aliphatic carbocycles. The highest BCUT2D eigenvalue weighted by molar-refractivity contribution is 5.77. The summed E-state index contributed by atoms with van der Waals surface area (Å²) in [6.45, 7) is 3.80. The maximum absolute atomic E-state index is 11.2. The van der Waals surface area contributed by atoms with Gasteiger partial charge in [0.15, 0.2) is 0 Å². The Balaban J connectivity index is 2.13. The Morgan fingerprint density at radius 2 is 2.21 bits per heavy atom. The monoisotopic (exact) mass is 262 g/mol. The van der Waals surface area contributed by atoms with Crippen molar-refractivity contribution >= 4 is 11.7 Å². The molecule has 3 N–H and O–H groups in total. The van der Waals surface area contributed by atoms with Crippen molar-refractivity contribution in [3.63, 3.8) is 0 Å². The van der Waals surface area contributed by atoms with Gasteiger partial charge in [0.25, 0.3) is 0 Å². The van der Waals surface area contributed by atoms with Gasteiger partial charge in [0.05, 0.1) is 0 Å². The number of primary amides is 1. The Kier molecular flexibility index (Phi) is 4.37. The first-order valence-electron chi connectivity index (χ1n) is 6.80. The second-order valence-electron chi connectivity index (χ2n) is 5.09. The molecule has 1 aliphatic heterocycles. The average Bonchev–Trinajstić information content (AvgIpc) is 2.46. The van der Waals surface area contributed by atoms with Crippen molar-refractivity contribution < 1.29 is 4.79 Å². The van der Waals surface area contributed by atoms with E-state index in [0.717, 1.165) is 31.7 Å². The first kappa shape index (κ1) is 13.8. The highest BCUT2D eigenvalue weighted by atomic mass is 16.1. The van der Waals surface area contributed by atoms with Gasteiger partial charge in [-0.1, -0.05) is 6.07 Å². The molecule has 1 fully saturated rings. The van der Waals surface area contributed by atoms with E-state index in [4.69, 9.17) is 5.73 Å². The summed E-state index contributed by atoms with van der Waals surface area (Å²) < 4.78 is 0. The lowest BCUT2D eigenvalue weighted by molar-refractivity contribution is -0.122. The lowest BCUT2D eigenvalue weighted by Gasteiger charge is -2.33. The molecule has 0 saturated carbocycles. The van der Waals surface area contributed by atoms with Gasteiger partial charge in [-0.25, -0.2) is 4.98 Å². The summed E-state index contributed by atoms with van der Waals surface area (Å²) in [6.07, 6.45) is 3.46. The topological polar surface area (TPSA) is 71.2 Å². The molecule has 1 saturated heterocycles. The van der Waals surface area contributed by atoms with Crippen LogP contribution in [0.2, 0.25) is 0 Å². The molecule has 1 unspecified atom stereocenters. The van der Waals surface area contributed by atoms with Crippen molar-refractivity contribution in [2.24, 2.45) is 11.7 Å². The molecule has 1 amide bonds. The summed E-state index contributed by atoms with van der Waals surface area (Å²) in [6, 6.07) is 4.32. The molecule has 5 nitrogen and oxygen atoms in total. The van der Waals surface area contributed by atoms with Gasteiger partial charge in [0, 0.05) is 36.8 Å². The van der Waals surface area contributed by atoms with Crippen LogP contribution in [0.25, 0.3) is 0 Å². The minimum absolute atomic E-state index is 0.0186. The molecule has 2 rings (SSSR count). The van der Waals surface area contributed by atoms with Crippen LogP contribution in [-0.4, -0.2) is 31.0 Å². The van der Waals surface area contributed by atoms with Crippen molar-refractivity contribution in [2.45, 2.75) is 25.8 Å². The third kappa shape index (κ3) is 3.04. The number of carbonyl (C=O) groups excluding carboxylic acids is 1. The average molecular weight is 262 g/mol. The molecule has 0 bridgehead atoms. The minimum Gasteiger partial charge on any atom is -0.369 e. The summed E-state index contributed by atoms with van der Waals surface area (Å²) in [5.74, 6) is 0.863. The summed E-state index contributed by atoms with van der Waals surface area (Å²) in [4.78, 5) is 18.0. The molecular formula is C14H22N4O. The van der Waals surface area contributed by atoms with Crippen molar-refractivity contribution in [3.05, 3.63) is 23.9 Å². The third-order valence-electron chi connectivity index (χ3n) is 3.91. The van der Waals surface area contributed by atoms with E-state index in [1.807, 2.05) is 19.3 Å². The number of nitrogens with one attached hydrogen (secondary N) is 1. The van der Waals surface area contributed by atoms with E-state index in [2.05, 4.69) is 28.2 Å². The SMILES string of the molecule is CNC(C)c1cccnc1N1CCC(C(N)=O)CC1. The van der Waals surface area contributed by atoms with Crippen molar-refractivity contribution in [2.75, 3.05) is 25.0 Å². The van der Waals surface area contributed by atoms with Crippen LogP contribution in [0.15, 0.2) is 18.3 Å². The second kappa shape index (κ2) is 6.02. The quantitative estimate of drug-likeness (QED) is 0.851. The van der Waals surface area contributed by atoms with Gasteiger partial charge in [0.2, 0.25) is 5.91 Å². The van der Waals surface area contributed by atoms with Gasteiger partial charge in [-0.15, -0.1) is 0 Å². The number of rotatable bonds is 4. The van der Waals surface area contributed by atoms with E-state index < -0.39 is 0 Å². The van der Waals surface area contributed by atoms with Crippen LogP contribution in [0, 0.1) is 5.92 Å². The van der Waals surface area contributed by atoms with E-state index in [1.165, 1.54) is 5.56 Å². The highest BCUT2D eigenvalue weighted by Crippen LogP contribution is 2.27. The van der Waals surface area contributed by atoms with Crippen molar-refractivity contribution in [1.29, 1.82) is 0 Å². The Morgan fingerprint density at radius 1 is 1.53 bits per heavy atom. The zero-order valence-corrected chi connectivity index (χ0v) is 11.6. The van der Waals surface area contributed by atoms with Crippen molar-refractivity contribution in [1.82, 2.24) is 10.3 Å². The van der Waals surface area contributed by atoms with Crippen LogP contribution in [0.3, 0.4) is 0 Å². The van der Waals surface area contributed by atoms with Gasteiger partial charge >= 0.3 is 0 Å². The number of anilines is 1. The summed E-state index contributed by atoms with van der Waals surface area (Å²) in [5, 5.41) is 3.25. The summed E-state index contributed by atoms with van der Waals surface area (Å²) >= 11 is 0. The second-order valence-corrected chi connectivity index (χ2v) is 5.09. The smallest absolute Gasteiger partial charge is 0.220 e. The summed E-state index contributed by atoms with van der Waals surface area (Å²) in [5.41, 5.74) is 6.56. The molecule has 19 heavy (non-hydrogen) atoms. The van der Waals surface area contributed by atoms with Crippen LogP contribution in [0.1, 0.15) is 31.4 Å². The van der Waals surface area contributed by atoms with E-state index in [0.29, 0.717) is 0 Å². The molecule has 1 aromatic rings. The maximum atomic E-state index is 11.2. The molecule has 1 aromatic heterocycles. The lowest BCUT2D eigenvalue weighted by Crippen LogP contribution is -2.39. The Bertz CT molecular complexity index is 441. The van der Waals surface area contributed by atoms with E-state index in [1.54, 1.807) is 0 Å². The van der Waals surface area contributed by atoms with E-state index >= 15 is 0 Å². The minimum atomic E-state index is -0.176. The number of nitrogens with zero attached hydrogens (tertiary/aromatic N) is 2. The fourth-order valence-corrected chi connectivity index (χ4v) is 2.54. The predicted octanol–water partition coefficient (Wildman–Crippen LogP) is 1.06. The van der Waals surface area contributed by atoms with Crippen LogP contribution >= 0.6 is 0 Å². The molecule has 0 spiro atoms. The zero-order chi connectivity index (χ0) is 13.8. The van der Waals surface area contributed by atoms with Crippen molar-refractivity contribution in [3.8, 4) is 0 Å². The van der Waals surface area contributed by atoms with Crippen LogP contribution in [0.5, 0.6) is 0 Å². The van der Waals surface area contributed by atoms with Gasteiger partial charge in [-0.05, 0) is 32.9 Å².